The molecule has 0 aromatic heterocycles. The Bertz CT molecular complexity index is 404. The van der Waals surface area contributed by atoms with Crippen LogP contribution in [0.1, 0.15) is 50.6 Å². The molecule has 0 bridgehead atoms. The van der Waals surface area contributed by atoms with E-state index in [2.05, 4.69) is 28.3 Å². The summed E-state index contributed by atoms with van der Waals surface area (Å²) in [6.07, 6.45) is 5.98. The molecular weight excluding hydrogens is 307 g/mol. The van der Waals surface area contributed by atoms with E-state index in [-0.39, 0.29) is 11.9 Å². The molecule has 0 radical (unpaired) electrons. The minimum absolute atomic E-state index is 0.110. The Labute approximate surface area is 123 Å². The monoisotopic (exact) mass is 328 g/mol. The summed E-state index contributed by atoms with van der Waals surface area (Å²) < 4.78 is 14.9. The van der Waals surface area contributed by atoms with Crippen LogP contribution < -0.4 is 11.3 Å². The van der Waals surface area contributed by atoms with Crippen LogP contribution in [0.25, 0.3) is 0 Å². The Kier molecular flexibility index (Phi) is 5.37. The molecule has 0 saturated heterocycles. The Morgan fingerprint density at radius 3 is 2.79 bits per heavy atom. The van der Waals surface area contributed by atoms with Gasteiger partial charge in [-0.2, -0.15) is 0 Å². The Hall–Kier alpha value is -0.450. The SMILES string of the molecule is CCC1CCCCC1C(NN)c1c(F)cccc1Br. The van der Waals surface area contributed by atoms with Crippen molar-refractivity contribution in [3.05, 3.63) is 34.1 Å². The van der Waals surface area contributed by atoms with E-state index in [1.54, 1.807) is 6.07 Å². The summed E-state index contributed by atoms with van der Waals surface area (Å²) in [5.41, 5.74) is 3.54. The molecule has 1 aliphatic rings. The minimum atomic E-state index is -0.183. The smallest absolute Gasteiger partial charge is 0.129 e. The van der Waals surface area contributed by atoms with Crippen LogP contribution in [0, 0.1) is 17.7 Å². The van der Waals surface area contributed by atoms with Crippen molar-refractivity contribution in [2.45, 2.75) is 45.1 Å². The molecule has 3 unspecified atom stereocenters. The van der Waals surface area contributed by atoms with Crippen molar-refractivity contribution in [3.8, 4) is 0 Å². The lowest BCUT2D eigenvalue weighted by molar-refractivity contribution is 0.173. The van der Waals surface area contributed by atoms with E-state index in [0.29, 0.717) is 17.4 Å². The van der Waals surface area contributed by atoms with Gasteiger partial charge in [0.2, 0.25) is 0 Å². The summed E-state index contributed by atoms with van der Waals surface area (Å²) >= 11 is 3.46. The topological polar surface area (TPSA) is 38.0 Å². The van der Waals surface area contributed by atoms with Gasteiger partial charge in [-0.3, -0.25) is 11.3 Å². The zero-order chi connectivity index (χ0) is 13.8. The van der Waals surface area contributed by atoms with Gasteiger partial charge in [-0.05, 0) is 30.4 Å². The number of benzene rings is 1. The number of nitrogens with one attached hydrogen (secondary N) is 1. The fourth-order valence-electron chi connectivity index (χ4n) is 3.41. The molecule has 3 N–H and O–H groups in total. The van der Waals surface area contributed by atoms with Crippen LogP contribution in [0.2, 0.25) is 0 Å². The van der Waals surface area contributed by atoms with Crippen LogP contribution in [0.4, 0.5) is 4.39 Å². The van der Waals surface area contributed by atoms with Gasteiger partial charge in [-0.1, -0.05) is 54.6 Å². The summed E-state index contributed by atoms with van der Waals surface area (Å²) in [6, 6.07) is 5.00. The van der Waals surface area contributed by atoms with Crippen LogP contribution in [0.15, 0.2) is 22.7 Å². The standard InChI is InChI=1S/C15H22BrFN2/c1-2-10-6-3-4-7-11(10)15(19-18)14-12(16)8-5-9-13(14)17/h5,8-11,15,19H,2-4,6-7,18H2,1H3. The maximum Gasteiger partial charge on any atom is 0.129 e. The predicted molar refractivity (Wildman–Crippen MR) is 79.9 cm³/mol. The van der Waals surface area contributed by atoms with Crippen LogP contribution in [0.5, 0.6) is 0 Å². The van der Waals surface area contributed by atoms with Crippen molar-refractivity contribution >= 4 is 15.9 Å². The summed E-state index contributed by atoms with van der Waals surface area (Å²) in [5, 5.41) is 0. The number of hydrogen-bond acceptors (Lipinski definition) is 2. The van der Waals surface area contributed by atoms with Crippen LogP contribution in [0.3, 0.4) is 0 Å². The van der Waals surface area contributed by atoms with Gasteiger partial charge < -0.3 is 0 Å². The van der Waals surface area contributed by atoms with E-state index >= 15 is 0 Å². The van der Waals surface area contributed by atoms with E-state index in [9.17, 15) is 4.39 Å². The van der Waals surface area contributed by atoms with Gasteiger partial charge in [0.25, 0.3) is 0 Å². The van der Waals surface area contributed by atoms with E-state index in [1.165, 1.54) is 25.3 Å². The van der Waals surface area contributed by atoms with Gasteiger partial charge in [-0.15, -0.1) is 0 Å². The highest BCUT2D eigenvalue weighted by molar-refractivity contribution is 9.10. The molecule has 0 spiro atoms. The highest BCUT2D eigenvalue weighted by Crippen LogP contribution is 2.42. The van der Waals surface area contributed by atoms with Gasteiger partial charge in [0.1, 0.15) is 5.82 Å². The highest BCUT2D eigenvalue weighted by atomic mass is 79.9. The van der Waals surface area contributed by atoms with Gasteiger partial charge in [0.15, 0.2) is 0 Å². The summed E-state index contributed by atoms with van der Waals surface area (Å²) in [5.74, 6) is 6.61. The Balaban J connectivity index is 2.33. The minimum Gasteiger partial charge on any atom is -0.271 e. The molecule has 1 saturated carbocycles. The molecule has 1 aliphatic carbocycles. The number of rotatable bonds is 4. The first kappa shape index (κ1) is 14.9. The molecule has 1 aromatic carbocycles. The molecule has 2 rings (SSSR count). The third-order valence-electron chi connectivity index (χ3n) is 4.41. The Morgan fingerprint density at radius 1 is 1.42 bits per heavy atom. The van der Waals surface area contributed by atoms with Gasteiger partial charge in [0, 0.05) is 10.0 Å². The van der Waals surface area contributed by atoms with Crippen molar-refractivity contribution in [1.29, 1.82) is 0 Å². The first-order valence-corrected chi connectivity index (χ1v) is 7.88. The molecule has 0 amide bonds. The molecular formula is C15H22BrFN2. The molecule has 1 aromatic rings. The molecule has 1 fully saturated rings. The van der Waals surface area contributed by atoms with Crippen LogP contribution >= 0.6 is 15.9 Å². The third kappa shape index (κ3) is 3.18. The van der Waals surface area contributed by atoms with Crippen molar-refractivity contribution < 1.29 is 4.39 Å². The number of hydrazine groups is 1. The van der Waals surface area contributed by atoms with Crippen LogP contribution in [-0.4, -0.2) is 0 Å². The van der Waals surface area contributed by atoms with E-state index < -0.39 is 0 Å². The fraction of sp³-hybridized carbons (Fsp3) is 0.600. The number of nitrogens with two attached hydrogens (primary N) is 1. The maximum atomic E-state index is 14.1. The molecule has 0 heterocycles. The van der Waals surface area contributed by atoms with Crippen molar-refractivity contribution in [1.82, 2.24) is 5.43 Å². The van der Waals surface area contributed by atoms with Crippen molar-refractivity contribution in [2.75, 3.05) is 0 Å². The lowest BCUT2D eigenvalue weighted by atomic mass is 9.72. The molecule has 106 valence electrons. The average Bonchev–Trinajstić information content (AvgIpc) is 2.43. The lowest BCUT2D eigenvalue weighted by Gasteiger charge is -2.37. The molecule has 3 atom stereocenters. The lowest BCUT2D eigenvalue weighted by Crippen LogP contribution is -2.38. The maximum absolute atomic E-state index is 14.1. The van der Waals surface area contributed by atoms with E-state index in [1.807, 2.05) is 6.07 Å². The largest absolute Gasteiger partial charge is 0.271 e. The second-order valence-electron chi connectivity index (χ2n) is 5.40. The van der Waals surface area contributed by atoms with Gasteiger partial charge in [0.05, 0.1) is 6.04 Å². The zero-order valence-electron chi connectivity index (χ0n) is 11.3. The normalized spacial score (nSPS) is 25.3. The zero-order valence-corrected chi connectivity index (χ0v) is 12.9. The summed E-state index contributed by atoms with van der Waals surface area (Å²) in [4.78, 5) is 0. The quantitative estimate of drug-likeness (QED) is 0.638. The molecule has 2 nitrogen and oxygen atoms in total. The molecule has 4 heteroatoms. The average molecular weight is 329 g/mol. The first-order chi connectivity index (χ1) is 9.19. The van der Waals surface area contributed by atoms with Crippen LogP contribution in [-0.2, 0) is 0 Å². The summed E-state index contributed by atoms with van der Waals surface area (Å²) in [7, 11) is 0. The van der Waals surface area contributed by atoms with Gasteiger partial charge in [-0.25, -0.2) is 4.39 Å². The highest BCUT2D eigenvalue weighted by Gasteiger charge is 2.33. The van der Waals surface area contributed by atoms with Crippen molar-refractivity contribution in [2.24, 2.45) is 17.7 Å². The second-order valence-corrected chi connectivity index (χ2v) is 6.25. The number of hydrogen-bond donors (Lipinski definition) is 2. The molecule has 19 heavy (non-hydrogen) atoms. The predicted octanol–water partition coefficient (Wildman–Crippen LogP) is 4.31. The first-order valence-electron chi connectivity index (χ1n) is 7.09. The summed E-state index contributed by atoms with van der Waals surface area (Å²) in [6.45, 7) is 2.22. The van der Waals surface area contributed by atoms with E-state index in [4.69, 9.17) is 5.84 Å². The Morgan fingerprint density at radius 2 is 2.16 bits per heavy atom. The van der Waals surface area contributed by atoms with Crippen molar-refractivity contribution in [3.63, 3.8) is 0 Å². The second kappa shape index (κ2) is 6.82. The van der Waals surface area contributed by atoms with E-state index in [0.717, 1.165) is 17.3 Å². The number of halogens is 2. The fourth-order valence-corrected chi connectivity index (χ4v) is 4.00. The third-order valence-corrected chi connectivity index (χ3v) is 5.10. The molecule has 0 aliphatic heterocycles. The van der Waals surface area contributed by atoms with Gasteiger partial charge >= 0.3 is 0 Å².